The third-order valence-corrected chi connectivity index (χ3v) is 4.57. The van der Waals surface area contributed by atoms with Gasteiger partial charge in [-0.05, 0) is 6.42 Å². The van der Waals surface area contributed by atoms with Crippen molar-refractivity contribution in [3.05, 3.63) is 0 Å². The summed E-state index contributed by atoms with van der Waals surface area (Å²) in [5.74, 6) is -1.17. The molecule has 0 saturated carbocycles. The summed E-state index contributed by atoms with van der Waals surface area (Å²) in [5, 5.41) is 8.38. The molecule has 6 nitrogen and oxygen atoms in total. The van der Waals surface area contributed by atoms with Crippen molar-refractivity contribution in [1.29, 1.82) is 0 Å². The molecule has 0 aliphatic rings. The van der Waals surface area contributed by atoms with E-state index < -0.39 is 5.97 Å². The van der Waals surface area contributed by atoms with Gasteiger partial charge in [0.05, 0.1) is 19.8 Å². The fourth-order valence-electron chi connectivity index (χ4n) is 2.95. The number of carboxylic acid groups (broad SMARTS) is 1. The van der Waals surface area contributed by atoms with E-state index in [0.717, 1.165) is 12.8 Å². The van der Waals surface area contributed by atoms with Gasteiger partial charge in [0.2, 0.25) is 0 Å². The van der Waals surface area contributed by atoms with Gasteiger partial charge in [-0.15, -0.1) is 0 Å². The zero-order chi connectivity index (χ0) is 20.7. The molecule has 0 fully saturated rings. The number of hydrogen-bond donors (Lipinski definition) is 1. The number of rotatable bonds is 22. The van der Waals surface area contributed by atoms with E-state index in [9.17, 15) is 9.59 Å². The average molecular weight is 403 g/mol. The smallest absolute Gasteiger partial charge is 0.329 e. The van der Waals surface area contributed by atoms with Gasteiger partial charge in [-0.3, -0.25) is 4.79 Å². The monoisotopic (exact) mass is 402 g/mol. The predicted octanol–water partition coefficient (Wildman–Crippen LogP) is 5.13. The van der Waals surface area contributed by atoms with Crippen molar-refractivity contribution in [3.8, 4) is 0 Å². The van der Waals surface area contributed by atoms with E-state index in [1.54, 1.807) is 0 Å². The lowest BCUT2D eigenvalue weighted by Crippen LogP contribution is -2.14. The summed E-state index contributed by atoms with van der Waals surface area (Å²) >= 11 is 0. The van der Waals surface area contributed by atoms with Gasteiger partial charge in [0.1, 0.15) is 13.2 Å². The van der Waals surface area contributed by atoms with E-state index in [1.807, 2.05) is 0 Å². The Labute approximate surface area is 171 Å². The topological polar surface area (TPSA) is 82.1 Å². The van der Waals surface area contributed by atoms with Crippen LogP contribution in [0.3, 0.4) is 0 Å². The molecule has 0 saturated heterocycles. The van der Waals surface area contributed by atoms with Crippen LogP contribution in [0, 0.1) is 0 Å². The van der Waals surface area contributed by atoms with Crippen molar-refractivity contribution in [2.24, 2.45) is 0 Å². The highest BCUT2D eigenvalue weighted by Gasteiger charge is 2.03. The number of unbranched alkanes of at least 4 members (excludes halogenated alkanes) is 12. The molecule has 0 heterocycles. The first-order chi connectivity index (χ1) is 13.7. The fourth-order valence-corrected chi connectivity index (χ4v) is 2.95. The second kappa shape index (κ2) is 22.2. The Bertz CT molecular complexity index is 359. The summed E-state index contributed by atoms with van der Waals surface area (Å²) in [4.78, 5) is 21.8. The fraction of sp³-hybridized carbons (Fsp3) is 0.909. The van der Waals surface area contributed by atoms with E-state index in [2.05, 4.69) is 6.92 Å². The summed E-state index contributed by atoms with van der Waals surface area (Å²) < 4.78 is 15.1. The van der Waals surface area contributed by atoms with Gasteiger partial charge in [-0.2, -0.15) is 0 Å². The number of aliphatic carboxylic acids is 1. The van der Waals surface area contributed by atoms with Crippen LogP contribution in [0.5, 0.6) is 0 Å². The highest BCUT2D eigenvalue weighted by molar-refractivity contribution is 5.69. The molecule has 0 aromatic rings. The van der Waals surface area contributed by atoms with Crippen molar-refractivity contribution in [2.45, 2.75) is 96.8 Å². The molecule has 6 heteroatoms. The van der Waals surface area contributed by atoms with Crippen molar-refractivity contribution in [2.75, 3.05) is 33.0 Å². The highest BCUT2D eigenvalue weighted by atomic mass is 16.6. The maximum atomic E-state index is 11.6. The van der Waals surface area contributed by atoms with Gasteiger partial charge in [0.25, 0.3) is 0 Å². The second-order valence-corrected chi connectivity index (χ2v) is 7.27. The average Bonchev–Trinajstić information content (AvgIpc) is 2.67. The standard InChI is InChI=1S/C22H42O6/c1-2-3-4-5-6-7-8-9-10-11-12-13-14-15-22(25)28-19-18-26-16-17-27-20-21(23)24/h2-20H2,1H3,(H,23,24). The zero-order valence-corrected chi connectivity index (χ0v) is 17.9. The van der Waals surface area contributed by atoms with E-state index in [0.29, 0.717) is 19.6 Å². The third kappa shape index (κ3) is 22.9. The number of hydrogen-bond acceptors (Lipinski definition) is 5. The quantitative estimate of drug-likeness (QED) is 0.200. The van der Waals surface area contributed by atoms with E-state index in [1.165, 1.54) is 70.6 Å². The molecule has 0 aromatic carbocycles. The van der Waals surface area contributed by atoms with Crippen LogP contribution in [-0.2, 0) is 23.8 Å². The minimum Gasteiger partial charge on any atom is -0.480 e. The lowest BCUT2D eigenvalue weighted by atomic mass is 10.0. The molecule has 166 valence electrons. The zero-order valence-electron chi connectivity index (χ0n) is 17.9. The molecular formula is C22H42O6. The normalized spacial score (nSPS) is 10.9. The molecule has 0 atom stereocenters. The first-order valence-corrected chi connectivity index (χ1v) is 11.2. The molecule has 28 heavy (non-hydrogen) atoms. The minimum atomic E-state index is -0.998. The first kappa shape index (κ1) is 26.9. The van der Waals surface area contributed by atoms with Crippen LogP contribution >= 0.6 is 0 Å². The number of carboxylic acids is 1. The van der Waals surface area contributed by atoms with Crippen LogP contribution in [-0.4, -0.2) is 50.1 Å². The summed E-state index contributed by atoms with van der Waals surface area (Å²) in [5.41, 5.74) is 0. The molecule has 0 amide bonds. The molecule has 0 bridgehead atoms. The lowest BCUT2D eigenvalue weighted by Gasteiger charge is -2.06. The number of carbonyl (C=O) groups is 2. The Morgan fingerprint density at radius 3 is 1.64 bits per heavy atom. The Balaban J connectivity index is 3.16. The van der Waals surface area contributed by atoms with Gasteiger partial charge >= 0.3 is 11.9 Å². The van der Waals surface area contributed by atoms with Crippen LogP contribution in [0.1, 0.15) is 96.8 Å². The van der Waals surface area contributed by atoms with Gasteiger partial charge in [-0.1, -0.05) is 84.0 Å². The number of ether oxygens (including phenoxy) is 3. The summed E-state index contributed by atoms with van der Waals surface area (Å²) in [6.07, 6.45) is 17.2. The maximum Gasteiger partial charge on any atom is 0.329 e. The molecule has 0 aromatic heterocycles. The molecule has 0 spiro atoms. The molecule has 0 aliphatic heterocycles. The van der Waals surface area contributed by atoms with Crippen molar-refractivity contribution < 1.29 is 28.9 Å². The SMILES string of the molecule is CCCCCCCCCCCCCCCC(=O)OCCOCCOCC(=O)O. The first-order valence-electron chi connectivity index (χ1n) is 11.2. The lowest BCUT2D eigenvalue weighted by molar-refractivity contribution is -0.146. The predicted molar refractivity (Wildman–Crippen MR) is 111 cm³/mol. The van der Waals surface area contributed by atoms with E-state index >= 15 is 0 Å². The summed E-state index contributed by atoms with van der Waals surface area (Å²) in [6, 6.07) is 0. The Hall–Kier alpha value is -1.14. The van der Waals surface area contributed by atoms with Gasteiger partial charge in [0.15, 0.2) is 0 Å². The Morgan fingerprint density at radius 1 is 0.643 bits per heavy atom. The highest BCUT2D eigenvalue weighted by Crippen LogP contribution is 2.13. The molecule has 0 radical (unpaired) electrons. The van der Waals surface area contributed by atoms with Gasteiger partial charge in [-0.25, -0.2) is 4.79 Å². The second-order valence-electron chi connectivity index (χ2n) is 7.27. The van der Waals surface area contributed by atoms with Crippen LogP contribution in [0.25, 0.3) is 0 Å². The molecule has 0 aliphatic carbocycles. The number of carbonyl (C=O) groups excluding carboxylic acids is 1. The van der Waals surface area contributed by atoms with Crippen molar-refractivity contribution >= 4 is 11.9 Å². The van der Waals surface area contributed by atoms with E-state index in [4.69, 9.17) is 19.3 Å². The molecule has 0 rings (SSSR count). The van der Waals surface area contributed by atoms with Crippen molar-refractivity contribution in [3.63, 3.8) is 0 Å². The number of esters is 1. The summed E-state index contributed by atoms with van der Waals surface area (Å²) in [6.45, 7) is 2.99. The van der Waals surface area contributed by atoms with Crippen LogP contribution in [0.15, 0.2) is 0 Å². The van der Waals surface area contributed by atoms with Crippen molar-refractivity contribution in [1.82, 2.24) is 0 Å². The third-order valence-electron chi connectivity index (χ3n) is 4.57. The maximum absolute atomic E-state index is 11.6. The van der Waals surface area contributed by atoms with Gasteiger partial charge < -0.3 is 19.3 Å². The molecular weight excluding hydrogens is 360 g/mol. The Kier molecular flexibility index (Phi) is 21.3. The van der Waals surface area contributed by atoms with Crippen LogP contribution in [0.4, 0.5) is 0 Å². The Morgan fingerprint density at radius 2 is 1.11 bits per heavy atom. The molecule has 1 N–H and O–H groups in total. The van der Waals surface area contributed by atoms with Crippen LogP contribution < -0.4 is 0 Å². The minimum absolute atomic E-state index is 0.172. The molecule has 0 unspecified atom stereocenters. The summed E-state index contributed by atoms with van der Waals surface area (Å²) in [7, 11) is 0. The van der Waals surface area contributed by atoms with Crippen LogP contribution in [0.2, 0.25) is 0 Å². The largest absolute Gasteiger partial charge is 0.480 e. The van der Waals surface area contributed by atoms with E-state index in [-0.39, 0.29) is 25.8 Å². The van der Waals surface area contributed by atoms with Gasteiger partial charge in [0, 0.05) is 6.42 Å².